The van der Waals surface area contributed by atoms with Gasteiger partial charge in [0.2, 0.25) is 5.91 Å². The van der Waals surface area contributed by atoms with E-state index < -0.39 is 5.97 Å². The highest BCUT2D eigenvalue weighted by Gasteiger charge is 2.29. The highest BCUT2D eigenvalue weighted by atomic mass is 32.1. The molecule has 0 fully saturated rings. The van der Waals surface area contributed by atoms with Gasteiger partial charge in [0.15, 0.2) is 0 Å². The Kier molecular flexibility index (Phi) is 6.42. The van der Waals surface area contributed by atoms with Crippen molar-refractivity contribution >= 4 is 45.6 Å². The highest BCUT2D eigenvalue weighted by Crippen LogP contribution is 2.38. The summed E-state index contributed by atoms with van der Waals surface area (Å²) in [7, 11) is 1.37. The summed E-state index contributed by atoms with van der Waals surface area (Å²) in [5.74, 6) is -0.658. The van der Waals surface area contributed by atoms with Gasteiger partial charge in [-0.2, -0.15) is 0 Å². The molecule has 30 heavy (non-hydrogen) atoms. The minimum Gasteiger partial charge on any atom is -0.465 e. The molecule has 1 aliphatic heterocycles. The predicted octanol–water partition coefficient (Wildman–Crippen LogP) is 4.81. The Bertz CT molecular complexity index is 1060. The fourth-order valence-corrected chi connectivity index (χ4v) is 5.44. The molecule has 5 nitrogen and oxygen atoms in total. The van der Waals surface area contributed by atoms with Crippen LogP contribution in [-0.4, -0.2) is 30.4 Å². The number of benzene rings is 1. The van der Waals surface area contributed by atoms with E-state index in [4.69, 9.17) is 4.74 Å². The van der Waals surface area contributed by atoms with Crippen molar-refractivity contribution in [2.24, 2.45) is 0 Å². The zero-order valence-electron chi connectivity index (χ0n) is 16.6. The van der Waals surface area contributed by atoms with Crippen LogP contribution in [0.15, 0.2) is 53.9 Å². The Balaban J connectivity index is 1.53. The summed E-state index contributed by atoms with van der Waals surface area (Å²) in [6.07, 6.45) is 4.02. The lowest BCUT2D eigenvalue weighted by Crippen LogP contribution is -2.29. The summed E-state index contributed by atoms with van der Waals surface area (Å²) in [6.45, 7) is 2.46. The summed E-state index contributed by atoms with van der Waals surface area (Å²) < 4.78 is 5.01. The first-order chi connectivity index (χ1) is 14.6. The molecule has 0 unspecified atom stereocenters. The van der Waals surface area contributed by atoms with E-state index in [0.717, 1.165) is 41.4 Å². The highest BCUT2D eigenvalue weighted by molar-refractivity contribution is 7.17. The van der Waals surface area contributed by atoms with Gasteiger partial charge in [-0.25, -0.2) is 4.79 Å². The van der Waals surface area contributed by atoms with Gasteiger partial charge < -0.3 is 10.1 Å². The van der Waals surface area contributed by atoms with Crippen LogP contribution in [0.5, 0.6) is 0 Å². The van der Waals surface area contributed by atoms with E-state index in [0.29, 0.717) is 10.6 Å². The Morgan fingerprint density at radius 1 is 1.20 bits per heavy atom. The Morgan fingerprint density at radius 3 is 2.77 bits per heavy atom. The molecule has 7 heteroatoms. The Hall–Kier alpha value is -2.74. The van der Waals surface area contributed by atoms with Crippen molar-refractivity contribution in [3.05, 3.63) is 80.4 Å². The van der Waals surface area contributed by atoms with Gasteiger partial charge in [0.05, 0.1) is 12.7 Å². The maximum atomic E-state index is 12.5. The normalized spacial score (nSPS) is 13.9. The van der Waals surface area contributed by atoms with Crippen LogP contribution in [0, 0.1) is 0 Å². The van der Waals surface area contributed by atoms with E-state index in [2.05, 4.69) is 22.3 Å². The number of ether oxygens (including phenoxy) is 1. The summed E-state index contributed by atoms with van der Waals surface area (Å²) >= 11 is 3.03. The van der Waals surface area contributed by atoms with Crippen molar-refractivity contribution in [2.45, 2.75) is 19.5 Å². The molecule has 0 saturated carbocycles. The van der Waals surface area contributed by atoms with Crippen LogP contribution >= 0.6 is 22.7 Å². The third kappa shape index (κ3) is 4.70. The molecule has 154 valence electrons. The molecule has 1 amide bonds. The number of nitrogens with zero attached hydrogens (tertiary/aromatic N) is 1. The minimum atomic E-state index is -0.401. The van der Waals surface area contributed by atoms with Gasteiger partial charge in [0, 0.05) is 35.5 Å². The lowest BCUT2D eigenvalue weighted by molar-refractivity contribution is -0.111. The van der Waals surface area contributed by atoms with Crippen LogP contribution in [0.3, 0.4) is 0 Å². The van der Waals surface area contributed by atoms with E-state index in [-0.39, 0.29) is 5.91 Å². The van der Waals surface area contributed by atoms with E-state index >= 15 is 0 Å². The molecule has 3 heterocycles. The van der Waals surface area contributed by atoms with Crippen molar-refractivity contribution in [3.8, 4) is 0 Å². The molecular formula is C23H22N2O3S2. The lowest BCUT2D eigenvalue weighted by atomic mass is 10.0. The largest absolute Gasteiger partial charge is 0.465 e. The Labute approximate surface area is 183 Å². The number of nitrogens with one attached hydrogen (secondary N) is 1. The first-order valence-electron chi connectivity index (χ1n) is 9.65. The van der Waals surface area contributed by atoms with Crippen molar-refractivity contribution in [3.63, 3.8) is 0 Å². The first-order valence-corrected chi connectivity index (χ1v) is 11.4. The molecule has 3 aromatic rings. The molecule has 0 bridgehead atoms. The number of anilines is 1. The Morgan fingerprint density at radius 2 is 2.03 bits per heavy atom. The van der Waals surface area contributed by atoms with Crippen LogP contribution in [0.2, 0.25) is 0 Å². The molecule has 2 aromatic heterocycles. The SMILES string of the molecule is COC(=O)c1c(NC(=O)C=Cc2cccs2)sc2c1CCN(Cc1ccccc1)C2. The standard InChI is InChI=1S/C23H22N2O3S2/c1-28-23(27)21-18-11-12-25(14-16-6-3-2-4-7-16)15-19(18)30-22(21)24-20(26)10-9-17-8-5-13-29-17/h2-10,13H,11-12,14-15H2,1H3,(H,24,26). The van der Waals surface area contributed by atoms with E-state index in [1.54, 1.807) is 17.4 Å². The topological polar surface area (TPSA) is 58.6 Å². The predicted molar refractivity (Wildman–Crippen MR) is 122 cm³/mol. The van der Waals surface area contributed by atoms with Crippen LogP contribution in [0.1, 0.15) is 31.2 Å². The van der Waals surface area contributed by atoms with Gasteiger partial charge >= 0.3 is 5.97 Å². The number of esters is 1. The summed E-state index contributed by atoms with van der Waals surface area (Å²) in [6, 6.07) is 14.2. The zero-order valence-corrected chi connectivity index (χ0v) is 18.2. The zero-order chi connectivity index (χ0) is 20.9. The number of hydrogen-bond donors (Lipinski definition) is 1. The second-order valence-corrected chi connectivity index (χ2v) is 9.07. The van der Waals surface area contributed by atoms with Gasteiger partial charge in [-0.3, -0.25) is 9.69 Å². The molecule has 0 atom stereocenters. The maximum Gasteiger partial charge on any atom is 0.341 e. The van der Waals surface area contributed by atoms with Crippen molar-refractivity contribution in [1.29, 1.82) is 0 Å². The third-order valence-corrected chi connectivity index (χ3v) is 6.92. The summed E-state index contributed by atoms with van der Waals surface area (Å²) in [5.41, 5.74) is 2.75. The third-order valence-electron chi connectivity index (χ3n) is 4.95. The van der Waals surface area contributed by atoms with Crippen molar-refractivity contribution < 1.29 is 14.3 Å². The van der Waals surface area contributed by atoms with Gasteiger partial charge in [0.1, 0.15) is 5.00 Å². The van der Waals surface area contributed by atoms with E-state index in [1.807, 2.05) is 35.7 Å². The average molecular weight is 439 g/mol. The van der Waals surface area contributed by atoms with Crippen molar-refractivity contribution in [1.82, 2.24) is 4.90 Å². The number of amides is 1. The first kappa shape index (κ1) is 20.5. The van der Waals surface area contributed by atoms with Gasteiger partial charge in [-0.05, 0) is 35.1 Å². The van der Waals surface area contributed by atoms with Crippen molar-refractivity contribution in [2.75, 3.05) is 19.0 Å². The van der Waals surface area contributed by atoms with Crippen LogP contribution < -0.4 is 5.32 Å². The molecule has 1 aliphatic rings. The van der Waals surface area contributed by atoms with Crippen LogP contribution in [0.25, 0.3) is 6.08 Å². The molecule has 1 aromatic carbocycles. The number of carbonyl (C=O) groups is 2. The fourth-order valence-electron chi connectivity index (χ4n) is 3.54. The van der Waals surface area contributed by atoms with E-state index in [1.165, 1.54) is 30.1 Å². The fraction of sp³-hybridized carbons (Fsp3) is 0.217. The molecular weight excluding hydrogens is 416 g/mol. The van der Waals surface area contributed by atoms with Gasteiger partial charge in [0.25, 0.3) is 0 Å². The molecule has 0 saturated heterocycles. The van der Waals surface area contributed by atoms with E-state index in [9.17, 15) is 9.59 Å². The molecule has 0 aliphatic carbocycles. The van der Waals surface area contributed by atoms with Gasteiger partial charge in [-0.1, -0.05) is 36.4 Å². The summed E-state index contributed by atoms with van der Waals surface area (Å²) in [5, 5.41) is 5.41. The van der Waals surface area contributed by atoms with Gasteiger partial charge in [-0.15, -0.1) is 22.7 Å². The number of hydrogen-bond acceptors (Lipinski definition) is 6. The second kappa shape index (κ2) is 9.38. The smallest absolute Gasteiger partial charge is 0.341 e. The van der Waals surface area contributed by atoms with Crippen LogP contribution in [0.4, 0.5) is 5.00 Å². The molecule has 0 radical (unpaired) electrons. The monoisotopic (exact) mass is 438 g/mol. The quantitative estimate of drug-likeness (QED) is 0.443. The molecule has 0 spiro atoms. The molecule has 4 rings (SSSR count). The number of carbonyl (C=O) groups excluding carboxylic acids is 2. The number of thiophene rings is 2. The lowest BCUT2D eigenvalue weighted by Gasteiger charge is -2.27. The molecule has 1 N–H and O–H groups in total. The average Bonchev–Trinajstić information content (AvgIpc) is 3.39. The maximum absolute atomic E-state index is 12.5. The van der Waals surface area contributed by atoms with Crippen LogP contribution in [-0.2, 0) is 29.0 Å². The number of methoxy groups -OCH3 is 1. The summed E-state index contributed by atoms with van der Waals surface area (Å²) in [4.78, 5) is 29.4. The minimum absolute atomic E-state index is 0.256. The second-order valence-electron chi connectivity index (χ2n) is 6.98. The number of fused-ring (bicyclic) bond motifs is 1. The number of rotatable bonds is 6.